The molecule has 1 aromatic rings. The van der Waals surface area contributed by atoms with Crippen LogP contribution in [-0.2, 0) is 16.6 Å². The van der Waals surface area contributed by atoms with Gasteiger partial charge in [-0.3, -0.25) is 0 Å². The molecule has 1 aliphatic heterocycles. The van der Waals surface area contributed by atoms with Crippen molar-refractivity contribution in [2.75, 3.05) is 39.8 Å². The van der Waals surface area contributed by atoms with Gasteiger partial charge in [0, 0.05) is 32.7 Å². The zero-order valence-corrected chi connectivity index (χ0v) is 13.7. The fourth-order valence-electron chi connectivity index (χ4n) is 2.40. The van der Waals surface area contributed by atoms with E-state index in [0.717, 1.165) is 31.6 Å². The van der Waals surface area contributed by atoms with Crippen LogP contribution in [0.2, 0.25) is 0 Å². The highest BCUT2D eigenvalue weighted by Gasteiger charge is 2.27. The van der Waals surface area contributed by atoms with Crippen molar-refractivity contribution in [3.05, 3.63) is 29.8 Å². The number of rotatable bonds is 6. The van der Waals surface area contributed by atoms with Gasteiger partial charge in [0.2, 0.25) is 10.0 Å². The van der Waals surface area contributed by atoms with E-state index >= 15 is 0 Å². The molecule has 1 aliphatic rings. The third-order valence-corrected chi connectivity index (χ3v) is 5.65. The van der Waals surface area contributed by atoms with Crippen LogP contribution >= 0.6 is 0 Å². The summed E-state index contributed by atoms with van der Waals surface area (Å²) >= 11 is 0. The summed E-state index contributed by atoms with van der Waals surface area (Å²) in [7, 11) is -1.34. The first-order valence-electron chi connectivity index (χ1n) is 7.52. The lowest BCUT2D eigenvalue weighted by molar-refractivity contribution is 0.222. The first-order chi connectivity index (χ1) is 10.0. The van der Waals surface area contributed by atoms with Gasteiger partial charge in [0.15, 0.2) is 0 Å². The third kappa shape index (κ3) is 4.26. The van der Waals surface area contributed by atoms with Crippen LogP contribution in [-0.4, -0.2) is 57.4 Å². The molecule has 118 valence electrons. The lowest BCUT2D eigenvalue weighted by atomic mass is 10.2. The van der Waals surface area contributed by atoms with Crippen molar-refractivity contribution >= 4 is 10.0 Å². The van der Waals surface area contributed by atoms with Gasteiger partial charge in [0.1, 0.15) is 0 Å². The van der Waals surface area contributed by atoms with Crippen molar-refractivity contribution in [1.29, 1.82) is 0 Å². The van der Waals surface area contributed by atoms with Gasteiger partial charge >= 0.3 is 0 Å². The van der Waals surface area contributed by atoms with Crippen LogP contribution < -0.4 is 5.32 Å². The second kappa shape index (κ2) is 7.35. The molecule has 1 saturated heterocycles. The number of benzene rings is 1. The molecule has 5 nitrogen and oxygen atoms in total. The standard InChI is InChI=1S/C15H25N3O2S/c1-3-7-16-13-14-5-4-6-15(12-14)21(19,20)18-10-8-17(2)9-11-18/h4-6,12,16H,3,7-11,13H2,1-2H3. The number of sulfonamides is 1. The summed E-state index contributed by atoms with van der Waals surface area (Å²) in [6.07, 6.45) is 1.07. The summed E-state index contributed by atoms with van der Waals surface area (Å²) in [5, 5.41) is 3.30. The summed E-state index contributed by atoms with van der Waals surface area (Å²) in [6.45, 7) is 6.47. The smallest absolute Gasteiger partial charge is 0.243 e. The molecule has 6 heteroatoms. The predicted octanol–water partition coefficient (Wildman–Crippen LogP) is 1.12. The minimum absolute atomic E-state index is 0.405. The van der Waals surface area contributed by atoms with Gasteiger partial charge in [-0.05, 0) is 37.7 Å². The van der Waals surface area contributed by atoms with Crippen LogP contribution in [0.15, 0.2) is 29.2 Å². The molecule has 0 bridgehead atoms. The van der Waals surface area contributed by atoms with Gasteiger partial charge in [-0.2, -0.15) is 4.31 Å². The lowest BCUT2D eigenvalue weighted by Gasteiger charge is -2.31. The van der Waals surface area contributed by atoms with Crippen molar-refractivity contribution in [3.63, 3.8) is 0 Å². The van der Waals surface area contributed by atoms with Crippen molar-refractivity contribution < 1.29 is 8.42 Å². The van der Waals surface area contributed by atoms with Gasteiger partial charge in [0.25, 0.3) is 0 Å². The number of piperazine rings is 1. The van der Waals surface area contributed by atoms with Crippen molar-refractivity contribution in [2.24, 2.45) is 0 Å². The highest BCUT2D eigenvalue weighted by atomic mass is 32.2. The molecule has 0 radical (unpaired) electrons. The van der Waals surface area contributed by atoms with Gasteiger partial charge in [-0.1, -0.05) is 19.1 Å². The molecular formula is C15H25N3O2S. The maximum atomic E-state index is 12.7. The number of hydrogen-bond acceptors (Lipinski definition) is 4. The fourth-order valence-corrected chi connectivity index (χ4v) is 3.90. The van der Waals surface area contributed by atoms with Gasteiger partial charge in [-0.15, -0.1) is 0 Å². The predicted molar refractivity (Wildman–Crippen MR) is 84.7 cm³/mol. The van der Waals surface area contributed by atoms with Crippen LogP contribution in [0.4, 0.5) is 0 Å². The quantitative estimate of drug-likeness (QED) is 0.800. The summed E-state index contributed by atoms with van der Waals surface area (Å²) < 4.78 is 26.9. The largest absolute Gasteiger partial charge is 0.313 e. The van der Waals surface area contributed by atoms with Crippen LogP contribution in [0.1, 0.15) is 18.9 Å². The van der Waals surface area contributed by atoms with E-state index in [1.165, 1.54) is 0 Å². The van der Waals surface area contributed by atoms with Crippen LogP contribution in [0.25, 0.3) is 0 Å². The molecule has 0 aromatic heterocycles. The Balaban J connectivity index is 2.10. The molecule has 0 atom stereocenters. The third-order valence-electron chi connectivity index (χ3n) is 3.75. The lowest BCUT2D eigenvalue weighted by Crippen LogP contribution is -2.47. The topological polar surface area (TPSA) is 52.7 Å². The highest BCUT2D eigenvalue weighted by molar-refractivity contribution is 7.89. The summed E-state index contributed by atoms with van der Waals surface area (Å²) in [5.41, 5.74) is 1.01. The summed E-state index contributed by atoms with van der Waals surface area (Å²) in [4.78, 5) is 2.56. The highest BCUT2D eigenvalue weighted by Crippen LogP contribution is 2.18. The Hall–Kier alpha value is -0.950. The molecule has 21 heavy (non-hydrogen) atoms. The van der Waals surface area contributed by atoms with E-state index in [0.29, 0.717) is 24.5 Å². The minimum Gasteiger partial charge on any atom is -0.313 e. The van der Waals surface area contributed by atoms with Crippen molar-refractivity contribution in [3.8, 4) is 0 Å². The van der Waals surface area contributed by atoms with E-state index in [2.05, 4.69) is 17.1 Å². The fraction of sp³-hybridized carbons (Fsp3) is 0.600. The Labute approximate surface area is 128 Å². The van der Waals surface area contributed by atoms with Crippen LogP contribution in [0.3, 0.4) is 0 Å². The molecular weight excluding hydrogens is 286 g/mol. The first kappa shape index (κ1) is 16.4. The van der Waals surface area contributed by atoms with E-state index in [9.17, 15) is 8.42 Å². The number of likely N-dealkylation sites (N-methyl/N-ethyl adjacent to an activating group) is 1. The monoisotopic (exact) mass is 311 g/mol. The maximum Gasteiger partial charge on any atom is 0.243 e. The first-order valence-corrected chi connectivity index (χ1v) is 8.96. The SMILES string of the molecule is CCCNCc1cccc(S(=O)(=O)N2CCN(C)CC2)c1. The van der Waals surface area contributed by atoms with Crippen LogP contribution in [0.5, 0.6) is 0 Å². The summed E-state index contributed by atoms with van der Waals surface area (Å²) in [6, 6.07) is 7.27. The normalized spacial score (nSPS) is 18.0. The molecule has 1 heterocycles. The van der Waals surface area contributed by atoms with Crippen molar-refractivity contribution in [2.45, 2.75) is 24.8 Å². The van der Waals surface area contributed by atoms with Crippen LogP contribution in [0, 0.1) is 0 Å². The average molecular weight is 311 g/mol. The number of nitrogens with one attached hydrogen (secondary N) is 1. The molecule has 0 amide bonds. The Morgan fingerprint density at radius 2 is 1.90 bits per heavy atom. The summed E-state index contributed by atoms with van der Waals surface area (Å²) in [5.74, 6) is 0. The van der Waals surface area contributed by atoms with Gasteiger partial charge in [0.05, 0.1) is 4.90 Å². The van der Waals surface area contributed by atoms with Gasteiger partial charge < -0.3 is 10.2 Å². The van der Waals surface area contributed by atoms with E-state index < -0.39 is 10.0 Å². The minimum atomic E-state index is -3.36. The molecule has 1 fully saturated rings. The Kier molecular flexibility index (Phi) is 5.75. The molecule has 0 saturated carbocycles. The Morgan fingerprint density at radius 1 is 1.19 bits per heavy atom. The van der Waals surface area contributed by atoms with E-state index in [1.54, 1.807) is 16.4 Å². The Morgan fingerprint density at radius 3 is 2.57 bits per heavy atom. The molecule has 0 unspecified atom stereocenters. The number of hydrogen-bond donors (Lipinski definition) is 1. The van der Waals surface area contributed by atoms with Gasteiger partial charge in [-0.25, -0.2) is 8.42 Å². The zero-order valence-electron chi connectivity index (χ0n) is 12.9. The molecule has 2 rings (SSSR count). The molecule has 1 N–H and O–H groups in total. The zero-order chi connectivity index (χ0) is 15.3. The second-order valence-corrected chi connectivity index (χ2v) is 7.47. The molecule has 1 aromatic carbocycles. The van der Waals surface area contributed by atoms with E-state index in [4.69, 9.17) is 0 Å². The average Bonchev–Trinajstić information content (AvgIpc) is 2.48. The maximum absolute atomic E-state index is 12.7. The number of nitrogens with zero attached hydrogens (tertiary/aromatic N) is 2. The molecule has 0 spiro atoms. The Bertz CT molecular complexity index is 552. The second-order valence-electron chi connectivity index (χ2n) is 5.53. The molecule has 0 aliphatic carbocycles. The van der Waals surface area contributed by atoms with Crippen molar-refractivity contribution in [1.82, 2.24) is 14.5 Å². The van der Waals surface area contributed by atoms with E-state index in [-0.39, 0.29) is 0 Å². The van der Waals surface area contributed by atoms with E-state index in [1.807, 2.05) is 19.2 Å².